The second-order valence-electron chi connectivity index (χ2n) is 5.52. The molecule has 2 amide bonds. The summed E-state index contributed by atoms with van der Waals surface area (Å²) in [5.74, 6) is -0.931. The van der Waals surface area contributed by atoms with Gasteiger partial charge in [-0.05, 0) is 12.8 Å². The van der Waals surface area contributed by atoms with Crippen molar-refractivity contribution in [2.75, 3.05) is 31.1 Å². The second-order valence-corrected chi connectivity index (χ2v) is 6.50. The van der Waals surface area contributed by atoms with E-state index >= 15 is 0 Å². The van der Waals surface area contributed by atoms with Crippen LogP contribution in [0.5, 0.6) is 0 Å². The number of amides is 2. The first-order valence-corrected chi connectivity index (χ1v) is 7.84. The van der Waals surface area contributed by atoms with Crippen LogP contribution in [-0.2, 0) is 14.4 Å². The number of hydrogen-bond acceptors (Lipinski definition) is 4. The van der Waals surface area contributed by atoms with Crippen molar-refractivity contribution in [1.82, 2.24) is 10.2 Å². The number of hydrogen-bond donors (Lipinski definition) is 2. The molecule has 7 heteroatoms. The number of thioether (sulfide) groups is 1. The zero-order valence-corrected chi connectivity index (χ0v) is 12.8. The van der Waals surface area contributed by atoms with Crippen molar-refractivity contribution in [3.8, 4) is 0 Å². The Balaban J connectivity index is 2.22. The molecule has 0 bridgehead atoms. The van der Waals surface area contributed by atoms with Gasteiger partial charge in [-0.15, -0.1) is 11.8 Å². The first-order valence-electron chi connectivity index (χ1n) is 6.68. The molecule has 20 heavy (non-hydrogen) atoms. The van der Waals surface area contributed by atoms with Gasteiger partial charge in [0.1, 0.15) is 0 Å². The number of piperidine rings is 1. The third kappa shape index (κ3) is 5.40. The van der Waals surface area contributed by atoms with E-state index in [9.17, 15) is 14.4 Å². The lowest BCUT2D eigenvalue weighted by Gasteiger charge is -2.37. The van der Waals surface area contributed by atoms with E-state index in [0.717, 1.165) is 31.1 Å². The Morgan fingerprint density at radius 3 is 2.75 bits per heavy atom. The lowest BCUT2D eigenvalue weighted by molar-refractivity contribution is -0.144. The van der Waals surface area contributed by atoms with E-state index in [1.807, 2.05) is 13.8 Å². The van der Waals surface area contributed by atoms with Gasteiger partial charge in [-0.3, -0.25) is 14.4 Å². The molecule has 114 valence electrons. The van der Waals surface area contributed by atoms with Gasteiger partial charge in [-0.1, -0.05) is 13.8 Å². The van der Waals surface area contributed by atoms with E-state index in [-0.39, 0.29) is 28.7 Å². The fraction of sp³-hybridized carbons (Fsp3) is 0.769. The number of nitrogens with zero attached hydrogens (tertiary/aromatic N) is 1. The van der Waals surface area contributed by atoms with Crippen LogP contribution < -0.4 is 5.32 Å². The highest BCUT2D eigenvalue weighted by Crippen LogP contribution is 2.29. The molecule has 0 aromatic heterocycles. The van der Waals surface area contributed by atoms with Crippen molar-refractivity contribution in [2.45, 2.75) is 26.7 Å². The van der Waals surface area contributed by atoms with Crippen molar-refractivity contribution in [3.05, 3.63) is 0 Å². The molecule has 1 saturated heterocycles. The first kappa shape index (κ1) is 16.8. The van der Waals surface area contributed by atoms with E-state index in [4.69, 9.17) is 5.11 Å². The van der Waals surface area contributed by atoms with Gasteiger partial charge in [0, 0.05) is 25.0 Å². The Morgan fingerprint density at radius 2 is 2.10 bits per heavy atom. The topological polar surface area (TPSA) is 86.7 Å². The number of rotatable bonds is 7. The van der Waals surface area contributed by atoms with E-state index in [2.05, 4.69) is 5.32 Å². The molecule has 1 rings (SSSR count). The van der Waals surface area contributed by atoms with Gasteiger partial charge in [0.25, 0.3) is 0 Å². The number of carbonyl (C=O) groups excluding carboxylic acids is 2. The predicted octanol–water partition coefficient (Wildman–Crippen LogP) is 0.569. The fourth-order valence-corrected chi connectivity index (χ4v) is 2.74. The maximum absolute atomic E-state index is 12.1. The lowest BCUT2D eigenvalue weighted by atomic mass is 9.83. The summed E-state index contributed by atoms with van der Waals surface area (Å²) in [6.45, 7) is 5.56. The molecular weight excluding hydrogens is 280 g/mol. The molecule has 6 nitrogen and oxygen atoms in total. The van der Waals surface area contributed by atoms with E-state index < -0.39 is 5.97 Å². The molecule has 0 atom stereocenters. The highest BCUT2D eigenvalue weighted by Gasteiger charge is 2.35. The van der Waals surface area contributed by atoms with Gasteiger partial charge in [-0.2, -0.15) is 0 Å². The zero-order chi connectivity index (χ0) is 15.2. The van der Waals surface area contributed by atoms with E-state index in [1.165, 1.54) is 0 Å². The summed E-state index contributed by atoms with van der Waals surface area (Å²) in [4.78, 5) is 35.6. The zero-order valence-electron chi connectivity index (χ0n) is 12.0. The molecule has 1 heterocycles. The molecule has 0 unspecified atom stereocenters. The summed E-state index contributed by atoms with van der Waals surface area (Å²) in [7, 11) is 0. The number of carboxylic acid groups (broad SMARTS) is 1. The van der Waals surface area contributed by atoms with Crippen molar-refractivity contribution in [3.63, 3.8) is 0 Å². The molecule has 0 aliphatic carbocycles. The molecular formula is C13H22N2O4S. The maximum Gasteiger partial charge on any atom is 0.313 e. The summed E-state index contributed by atoms with van der Waals surface area (Å²) in [5, 5.41) is 11.2. The Morgan fingerprint density at radius 1 is 1.40 bits per heavy atom. The number of likely N-dealkylation sites (tertiary alicyclic amines) is 1. The molecule has 0 aromatic carbocycles. The van der Waals surface area contributed by atoms with Crippen LogP contribution in [0.25, 0.3) is 0 Å². The summed E-state index contributed by atoms with van der Waals surface area (Å²) in [6.07, 6.45) is 1.89. The molecule has 0 spiro atoms. The monoisotopic (exact) mass is 302 g/mol. The van der Waals surface area contributed by atoms with Gasteiger partial charge in [0.15, 0.2) is 0 Å². The first-order chi connectivity index (χ1) is 9.33. The molecule has 1 aliphatic rings. The van der Waals surface area contributed by atoms with Crippen molar-refractivity contribution >= 4 is 29.5 Å². The average Bonchev–Trinajstić information content (AvgIpc) is 2.34. The SMILES string of the molecule is CC1(C)CCCN(CCNC(=O)CSCC(=O)O)C1=O. The van der Waals surface area contributed by atoms with Gasteiger partial charge in [-0.25, -0.2) is 0 Å². The lowest BCUT2D eigenvalue weighted by Crippen LogP contribution is -2.48. The molecule has 0 radical (unpaired) electrons. The minimum Gasteiger partial charge on any atom is -0.481 e. The third-order valence-corrected chi connectivity index (χ3v) is 4.18. The van der Waals surface area contributed by atoms with Crippen LogP contribution in [0.15, 0.2) is 0 Å². The van der Waals surface area contributed by atoms with Gasteiger partial charge < -0.3 is 15.3 Å². The predicted molar refractivity (Wildman–Crippen MR) is 77.6 cm³/mol. The number of carboxylic acids is 1. The van der Waals surface area contributed by atoms with Crippen LogP contribution in [0.2, 0.25) is 0 Å². The number of aliphatic carboxylic acids is 1. The molecule has 1 aliphatic heterocycles. The highest BCUT2D eigenvalue weighted by atomic mass is 32.2. The molecule has 0 saturated carbocycles. The fourth-order valence-electron chi connectivity index (χ4n) is 2.17. The Bertz CT molecular complexity index is 385. The van der Waals surface area contributed by atoms with Crippen LogP contribution in [0.1, 0.15) is 26.7 Å². The standard InChI is InChI=1S/C13H22N2O4S/c1-13(2)4-3-6-15(12(13)19)7-5-14-10(16)8-20-9-11(17)18/h3-9H2,1-2H3,(H,14,16)(H,17,18). The average molecular weight is 302 g/mol. The normalized spacial score (nSPS) is 17.9. The van der Waals surface area contributed by atoms with Crippen molar-refractivity contribution in [1.29, 1.82) is 0 Å². The van der Waals surface area contributed by atoms with Crippen LogP contribution in [0.4, 0.5) is 0 Å². The quantitative estimate of drug-likeness (QED) is 0.718. The van der Waals surface area contributed by atoms with E-state index in [1.54, 1.807) is 4.90 Å². The summed E-state index contributed by atoms with van der Waals surface area (Å²) in [6, 6.07) is 0. The molecule has 2 N–H and O–H groups in total. The highest BCUT2D eigenvalue weighted by molar-refractivity contribution is 8.00. The maximum atomic E-state index is 12.1. The molecule has 1 fully saturated rings. The third-order valence-electron chi connectivity index (χ3n) is 3.26. The summed E-state index contributed by atoms with van der Waals surface area (Å²) < 4.78 is 0. The largest absolute Gasteiger partial charge is 0.481 e. The Hall–Kier alpha value is -1.24. The smallest absolute Gasteiger partial charge is 0.313 e. The van der Waals surface area contributed by atoms with Crippen molar-refractivity contribution in [2.24, 2.45) is 5.41 Å². The number of carbonyl (C=O) groups is 3. The van der Waals surface area contributed by atoms with Gasteiger partial charge in [0.2, 0.25) is 11.8 Å². The van der Waals surface area contributed by atoms with Crippen molar-refractivity contribution < 1.29 is 19.5 Å². The van der Waals surface area contributed by atoms with Crippen LogP contribution in [-0.4, -0.2) is 58.9 Å². The molecule has 0 aromatic rings. The van der Waals surface area contributed by atoms with E-state index in [0.29, 0.717) is 13.1 Å². The van der Waals surface area contributed by atoms with Crippen LogP contribution in [0, 0.1) is 5.41 Å². The number of nitrogens with one attached hydrogen (secondary N) is 1. The minimum atomic E-state index is -0.927. The summed E-state index contributed by atoms with van der Waals surface area (Å²) >= 11 is 1.06. The van der Waals surface area contributed by atoms with Gasteiger partial charge >= 0.3 is 5.97 Å². The van der Waals surface area contributed by atoms with Crippen LogP contribution >= 0.6 is 11.8 Å². The second kappa shape index (κ2) is 7.52. The Labute approximate surface area is 123 Å². The Kier molecular flexibility index (Phi) is 6.32. The minimum absolute atomic E-state index is 0.0772. The summed E-state index contributed by atoms with van der Waals surface area (Å²) in [5.41, 5.74) is -0.306. The van der Waals surface area contributed by atoms with Crippen LogP contribution in [0.3, 0.4) is 0 Å². The van der Waals surface area contributed by atoms with Gasteiger partial charge in [0.05, 0.1) is 11.5 Å².